The molecule has 10 heteroatoms. The van der Waals surface area contributed by atoms with Gasteiger partial charge in [-0.2, -0.15) is 18.4 Å². The lowest BCUT2D eigenvalue weighted by Crippen LogP contribution is -2.44. The van der Waals surface area contributed by atoms with Crippen LogP contribution in [-0.2, 0) is 33.5 Å². The van der Waals surface area contributed by atoms with Gasteiger partial charge in [0.25, 0.3) is 0 Å². The van der Waals surface area contributed by atoms with E-state index in [-0.39, 0.29) is 30.7 Å². The van der Waals surface area contributed by atoms with Gasteiger partial charge in [-0.1, -0.05) is 43.3 Å². The molecule has 1 aliphatic heterocycles. The van der Waals surface area contributed by atoms with Crippen LogP contribution >= 0.6 is 0 Å². The number of hydrogen-bond donors (Lipinski definition) is 1. The van der Waals surface area contributed by atoms with Crippen LogP contribution in [0.15, 0.2) is 60.7 Å². The third-order valence-corrected chi connectivity index (χ3v) is 6.96. The minimum absolute atomic E-state index is 0.00850. The van der Waals surface area contributed by atoms with Crippen LogP contribution in [0.3, 0.4) is 0 Å². The molecule has 1 fully saturated rings. The second kappa shape index (κ2) is 13.4. The lowest BCUT2D eigenvalue weighted by molar-refractivity contribution is -0.141. The van der Waals surface area contributed by atoms with Gasteiger partial charge in [0.05, 0.1) is 18.2 Å². The number of anilines is 1. The number of hydrogen-bond acceptors (Lipinski definition) is 6. The van der Waals surface area contributed by atoms with Gasteiger partial charge in [-0.3, -0.25) is 9.59 Å². The lowest BCUT2D eigenvalue weighted by atomic mass is 10.0. The maximum Gasteiger partial charge on any atom is 0.433 e. The van der Waals surface area contributed by atoms with Crippen molar-refractivity contribution >= 4 is 17.5 Å². The first-order valence-electron chi connectivity index (χ1n) is 13.5. The van der Waals surface area contributed by atoms with Crippen LogP contribution in [-0.4, -0.2) is 42.4 Å². The number of carbonyl (C=O) groups is 2. The Morgan fingerprint density at radius 1 is 1.07 bits per heavy atom. The summed E-state index contributed by atoms with van der Waals surface area (Å²) >= 11 is 0. The average molecular weight is 565 g/mol. The number of alkyl halides is 3. The van der Waals surface area contributed by atoms with Crippen molar-refractivity contribution in [2.45, 2.75) is 51.4 Å². The Kier molecular flexibility index (Phi) is 9.73. The van der Waals surface area contributed by atoms with Crippen molar-refractivity contribution in [3.63, 3.8) is 0 Å². The maximum atomic E-state index is 13.9. The van der Waals surface area contributed by atoms with E-state index in [1.165, 1.54) is 0 Å². The quantitative estimate of drug-likeness (QED) is 0.332. The third kappa shape index (κ3) is 7.92. The molecule has 4 rings (SSSR count). The highest BCUT2D eigenvalue weighted by molar-refractivity contribution is 5.86. The van der Waals surface area contributed by atoms with Crippen LogP contribution in [0.4, 0.5) is 19.0 Å². The van der Waals surface area contributed by atoms with Crippen LogP contribution in [0.2, 0.25) is 0 Å². The van der Waals surface area contributed by atoms with Gasteiger partial charge in [0.2, 0.25) is 5.91 Å². The topological polar surface area (TPSA) is 95.3 Å². The number of carbonyl (C=O) groups excluding carboxylic acids is 2. The molecule has 7 nitrogen and oxygen atoms in total. The summed E-state index contributed by atoms with van der Waals surface area (Å²) in [5, 5.41) is 11.8. The number of nitrogens with zero attached hydrogens (tertiary/aromatic N) is 3. The van der Waals surface area contributed by atoms with Crippen molar-refractivity contribution in [3.05, 3.63) is 83.0 Å². The molecule has 1 amide bonds. The zero-order valence-corrected chi connectivity index (χ0v) is 22.7. The number of ketones is 1. The average Bonchev–Trinajstić information content (AvgIpc) is 3.47. The molecule has 0 radical (unpaired) electrons. The van der Waals surface area contributed by atoms with Gasteiger partial charge in [-0.05, 0) is 65.8 Å². The van der Waals surface area contributed by atoms with E-state index in [9.17, 15) is 22.8 Å². The molecule has 1 aromatic heterocycles. The Bertz CT molecular complexity index is 1400. The Balaban J connectivity index is 1.48. The zero-order valence-electron chi connectivity index (χ0n) is 22.7. The minimum Gasteiger partial charge on any atom is -0.369 e. The smallest absolute Gasteiger partial charge is 0.369 e. The van der Waals surface area contributed by atoms with Gasteiger partial charge in [0, 0.05) is 19.5 Å². The van der Waals surface area contributed by atoms with Crippen LogP contribution in [0.25, 0.3) is 11.1 Å². The van der Waals surface area contributed by atoms with E-state index in [1.54, 1.807) is 54.3 Å². The molecule has 3 aromatic rings. The first-order chi connectivity index (χ1) is 19.7. The fourth-order valence-electron chi connectivity index (χ4n) is 4.66. The van der Waals surface area contributed by atoms with Gasteiger partial charge in [-0.15, -0.1) is 0 Å². The number of nitriles is 1. The Morgan fingerprint density at radius 3 is 2.44 bits per heavy atom. The van der Waals surface area contributed by atoms with Crippen molar-refractivity contribution in [3.8, 4) is 17.2 Å². The maximum absolute atomic E-state index is 13.9. The fraction of sp³-hybridized carbons (Fsp3) is 0.355. The highest BCUT2D eigenvalue weighted by Gasteiger charge is 2.36. The summed E-state index contributed by atoms with van der Waals surface area (Å²) in [6.07, 6.45) is -2.56. The molecular weight excluding hydrogens is 533 g/mol. The molecule has 1 atom stereocenters. The highest BCUT2D eigenvalue weighted by Crippen LogP contribution is 2.35. The van der Waals surface area contributed by atoms with E-state index in [1.807, 2.05) is 12.1 Å². The van der Waals surface area contributed by atoms with Crippen molar-refractivity contribution in [1.29, 1.82) is 5.26 Å². The van der Waals surface area contributed by atoms with E-state index in [4.69, 9.17) is 10.00 Å². The van der Waals surface area contributed by atoms with E-state index in [0.717, 1.165) is 17.2 Å². The second-order valence-corrected chi connectivity index (χ2v) is 9.88. The summed E-state index contributed by atoms with van der Waals surface area (Å²) in [5.74, 6) is -0.168. The molecule has 214 valence electrons. The van der Waals surface area contributed by atoms with Crippen molar-refractivity contribution in [1.82, 2.24) is 10.3 Å². The van der Waals surface area contributed by atoms with Crippen molar-refractivity contribution < 1.29 is 27.5 Å². The summed E-state index contributed by atoms with van der Waals surface area (Å²) in [7, 11) is 0. The van der Waals surface area contributed by atoms with Gasteiger partial charge in [0.1, 0.15) is 24.2 Å². The number of pyridine rings is 1. The summed E-state index contributed by atoms with van der Waals surface area (Å²) < 4.78 is 47.0. The first kappa shape index (κ1) is 29.7. The standard InChI is InChI=1S/C31H31F3N4O3/c1-2-26(39)20-41-19-23-9-11-24(12-10-23)25-16-28(31(32,33)34)37-29(17-25)38-15-3-4-27(38)30(40)36-14-13-21-5-7-22(18-35)8-6-21/h5-12,16-17,27H,2-4,13-15,19-20H2,1H3,(H,36,40)/t27-/m0/s1. The predicted octanol–water partition coefficient (Wildman–Crippen LogP) is 5.46. The van der Waals surface area contributed by atoms with E-state index >= 15 is 0 Å². The Labute approximate surface area is 237 Å². The SMILES string of the molecule is CCC(=O)COCc1ccc(-c2cc(N3CCC[C@H]3C(=O)NCCc3ccc(C#N)cc3)nc(C(F)(F)F)c2)cc1. The third-order valence-electron chi connectivity index (χ3n) is 6.96. The lowest BCUT2D eigenvalue weighted by Gasteiger charge is -2.26. The number of nitrogens with one attached hydrogen (secondary N) is 1. The molecule has 1 N–H and O–H groups in total. The number of amides is 1. The summed E-state index contributed by atoms with van der Waals surface area (Å²) in [6, 6.07) is 18.0. The molecule has 0 bridgehead atoms. The Hall–Kier alpha value is -4.23. The molecule has 0 aliphatic carbocycles. The van der Waals surface area contributed by atoms with Crippen LogP contribution < -0.4 is 10.2 Å². The molecule has 1 saturated heterocycles. The van der Waals surface area contributed by atoms with Gasteiger partial charge >= 0.3 is 6.18 Å². The molecule has 1 aliphatic rings. The summed E-state index contributed by atoms with van der Waals surface area (Å²) in [5.41, 5.74) is 2.18. The van der Waals surface area contributed by atoms with E-state index in [2.05, 4.69) is 16.4 Å². The van der Waals surface area contributed by atoms with Crippen molar-refractivity contribution in [2.24, 2.45) is 0 Å². The molecule has 0 spiro atoms. The minimum atomic E-state index is -4.66. The van der Waals surface area contributed by atoms with Crippen LogP contribution in [0.5, 0.6) is 0 Å². The summed E-state index contributed by atoms with van der Waals surface area (Å²) in [4.78, 5) is 30.0. The monoisotopic (exact) mass is 564 g/mol. The molecular formula is C31H31F3N4O3. The van der Waals surface area contributed by atoms with Gasteiger partial charge < -0.3 is 15.0 Å². The Morgan fingerprint density at radius 2 is 1.78 bits per heavy atom. The van der Waals surface area contributed by atoms with Crippen molar-refractivity contribution in [2.75, 3.05) is 24.6 Å². The zero-order chi connectivity index (χ0) is 29.4. The fourth-order valence-corrected chi connectivity index (χ4v) is 4.66. The number of ether oxygens (including phenoxy) is 1. The highest BCUT2D eigenvalue weighted by atomic mass is 19.4. The molecule has 2 aromatic carbocycles. The normalized spacial score (nSPS) is 15.0. The number of halogens is 3. The van der Waals surface area contributed by atoms with Crippen LogP contribution in [0, 0.1) is 11.3 Å². The molecule has 41 heavy (non-hydrogen) atoms. The molecule has 2 heterocycles. The van der Waals surface area contributed by atoms with Gasteiger partial charge in [0.15, 0.2) is 5.78 Å². The number of Topliss-reactive ketones (excluding diaryl/α,β-unsaturated/α-hetero) is 1. The summed E-state index contributed by atoms with van der Waals surface area (Å²) in [6.45, 7) is 2.76. The predicted molar refractivity (Wildman–Crippen MR) is 148 cm³/mol. The number of aromatic nitrogens is 1. The second-order valence-electron chi connectivity index (χ2n) is 9.88. The number of benzene rings is 2. The van der Waals surface area contributed by atoms with Gasteiger partial charge in [-0.25, -0.2) is 4.98 Å². The first-order valence-corrected chi connectivity index (χ1v) is 13.5. The van der Waals surface area contributed by atoms with E-state index < -0.39 is 17.9 Å². The largest absolute Gasteiger partial charge is 0.433 e. The number of rotatable bonds is 11. The molecule has 0 unspecified atom stereocenters. The molecule has 0 saturated carbocycles. The van der Waals surface area contributed by atoms with E-state index in [0.29, 0.717) is 55.5 Å². The van der Waals surface area contributed by atoms with Crippen LogP contribution in [0.1, 0.15) is 48.6 Å².